The molecule has 0 aromatic carbocycles. The van der Waals surface area contributed by atoms with Gasteiger partial charge in [-0.3, -0.25) is 0 Å². The summed E-state index contributed by atoms with van der Waals surface area (Å²) in [5.41, 5.74) is -1.31. The summed E-state index contributed by atoms with van der Waals surface area (Å²) < 4.78 is 38.6. The van der Waals surface area contributed by atoms with Gasteiger partial charge >= 0.3 is 6.18 Å². The first-order valence-corrected chi connectivity index (χ1v) is 6.06. The van der Waals surface area contributed by atoms with Crippen LogP contribution in [0.2, 0.25) is 0 Å². The van der Waals surface area contributed by atoms with Crippen molar-refractivity contribution in [2.75, 3.05) is 0 Å². The lowest BCUT2D eigenvalue weighted by Crippen LogP contribution is -2.41. The fourth-order valence-electron chi connectivity index (χ4n) is 3.42. The first-order valence-electron chi connectivity index (χ1n) is 6.06. The first-order chi connectivity index (χ1) is 6.99. The van der Waals surface area contributed by atoms with E-state index in [0.29, 0.717) is 12.3 Å². The lowest BCUT2D eigenvalue weighted by Gasteiger charge is -2.38. The third-order valence-corrected chi connectivity index (χ3v) is 4.17. The second kappa shape index (κ2) is 4.34. The van der Waals surface area contributed by atoms with Crippen molar-refractivity contribution < 1.29 is 13.2 Å². The molecule has 0 nitrogen and oxygen atoms in total. The molecule has 2 bridgehead atoms. The van der Waals surface area contributed by atoms with E-state index in [0.717, 1.165) is 19.3 Å². The van der Waals surface area contributed by atoms with Gasteiger partial charge in [-0.2, -0.15) is 13.2 Å². The normalized spacial score (nSPS) is 38.8. The second-order valence-electron chi connectivity index (χ2n) is 4.59. The van der Waals surface area contributed by atoms with Crippen LogP contribution >= 0.6 is 0 Å². The third kappa shape index (κ3) is 1.90. The fourth-order valence-corrected chi connectivity index (χ4v) is 3.42. The van der Waals surface area contributed by atoms with Crippen molar-refractivity contribution in [1.29, 1.82) is 0 Å². The van der Waals surface area contributed by atoms with E-state index in [2.05, 4.69) is 0 Å². The Labute approximate surface area is 90.2 Å². The second-order valence-corrected chi connectivity index (χ2v) is 4.59. The zero-order chi connectivity index (χ0) is 11.7. The molecule has 0 amide bonds. The monoisotopic (exact) mass is 222 g/mol. The molecule has 0 radical (unpaired) electrons. The van der Waals surface area contributed by atoms with Crippen LogP contribution in [0.25, 0.3) is 0 Å². The molecule has 15 heavy (non-hydrogen) atoms. The van der Waals surface area contributed by atoms with Crippen LogP contribution in [0.4, 0.5) is 13.2 Å². The fraction of sp³-hybridized carbons (Fsp3) is 1.00. The summed E-state index contributed by atoms with van der Waals surface area (Å²) in [6.45, 7) is 5.69. The molecule has 3 unspecified atom stereocenters. The summed E-state index contributed by atoms with van der Waals surface area (Å²) in [7, 11) is 0. The Morgan fingerprint density at radius 1 is 1.20 bits per heavy atom. The molecule has 2 rings (SSSR count). The van der Waals surface area contributed by atoms with Gasteiger partial charge in [-0.15, -0.1) is 0 Å². The minimum absolute atomic E-state index is 0.0671. The number of hydrogen-bond acceptors (Lipinski definition) is 0. The number of hydrogen-bond donors (Lipinski definition) is 0. The Morgan fingerprint density at radius 3 is 2.00 bits per heavy atom. The molecular weight excluding hydrogens is 201 g/mol. The van der Waals surface area contributed by atoms with Crippen LogP contribution < -0.4 is 0 Å². The molecule has 3 atom stereocenters. The molecule has 3 heteroatoms. The zero-order valence-electron chi connectivity index (χ0n) is 9.82. The Hall–Kier alpha value is -0.210. The summed E-state index contributed by atoms with van der Waals surface area (Å²) in [6.07, 6.45) is -0.634. The van der Waals surface area contributed by atoms with Crippen LogP contribution in [0.15, 0.2) is 0 Å². The van der Waals surface area contributed by atoms with Crippen molar-refractivity contribution in [2.45, 2.75) is 59.1 Å². The summed E-state index contributed by atoms with van der Waals surface area (Å²) >= 11 is 0. The standard InChI is InChI=1S/C10H15F3.C2H6/c1-2-9(10(11,12)13)6-7-3-4-8(9)5-7;1-2/h7-8H,2-6H2,1H3;1-2H3. The molecule has 2 aliphatic rings. The van der Waals surface area contributed by atoms with Gasteiger partial charge in [-0.05, 0) is 37.5 Å². The first kappa shape index (κ1) is 12.9. The van der Waals surface area contributed by atoms with Crippen molar-refractivity contribution >= 4 is 0 Å². The van der Waals surface area contributed by atoms with E-state index in [1.54, 1.807) is 6.92 Å². The molecule has 2 saturated carbocycles. The summed E-state index contributed by atoms with van der Waals surface area (Å²) in [5, 5.41) is 0. The molecule has 0 saturated heterocycles. The minimum atomic E-state index is -3.97. The number of fused-ring (bicyclic) bond motifs is 2. The van der Waals surface area contributed by atoms with Gasteiger partial charge in [0.15, 0.2) is 0 Å². The Kier molecular flexibility index (Phi) is 3.72. The molecular formula is C12H21F3. The van der Waals surface area contributed by atoms with Crippen molar-refractivity contribution in [3.8, 4) is 0 Å². The summed E-state index contributed by atoms with van der Waals surface area (Å²) in [6, 6.07) is 0. The molecule has 0 aliphatic heterocycles. The van der Waals surface area contributed by atoms with Crippen LogP contribution in [0, 0.1) is 17.3 Å². The number of alkyl halides is 3. The van der Waals surface area contributed by atoms with Gasteiger partial charge in [-0.25, -0.2) is 0 Å². The van der Waals surface area contributed by atoms with E-state index in [-0.39, 0.29) is 12.3 Å². The van der Waals surface area contributed by atoms with Crippen LogP contribution in [-0.2, 0) is 0 Å². The maximum Gasteiger partial charge on any atom is 0.394 e. The largest absolute Gasteiger partial charge is 0.394 e. The molecule has 0 heterocycles. The molecule has 90 valence electrons. The summed E-state index contributed by atoms with van der Waals surface area (Å²) in [4.78, 5) is 0. The molecule has 0 aromatic heterocycles. The topological polar surface area (TPSA) is 0 Å². The minimum Gasteiger partial charge on any atom is -0.170 e. The van der Waals surface area contributed by atoms with Gasteiger partial charge in [0, 0.05) is 0 Å². The van der Waals surface area contributed by atoms with Crippen LogP contribution in [-0.4, -0.2) is 6.18 Å². The highest BCUT2D eigenvalue weighted by Gasteiger charge is 2.63. The van der Waals surface area contributed by atoms with Crippen LogP contribution in [0.5, 0.6) is 0 Å². The van der Waals surface area contributed by atoms with Gasteiger partial charge in [-0.1, -0.05) is 27.2 Å². The van der Waals surface area contributed by atoms with E-state index in [1.165, 1.54) is 0 Å². The van der Waals surface area contributed by atoms with Gasteiger partial charge in [0.1, 0.15) is 0 Å². The van der Waals surface area contributed by atoms with E-state index < -0.39 is 11.6 Å². The Balaban J connectivity index is 0.000000531. The molecule has 2 aliphatic carbocycles. The van der Waals surface area contributed by atoms with Crippen molar-refractivity contribution in [2.24, 2.45) is 17.3 Å². The highest BCUT2D eigenvalue weighted by molar-refractivity contribution is 5.03. The zero-order valence-corrected chi connectivity index (χ0v) is 9.82. The lowest BCUT2D eigenvalue weighted by molar-refractivity contribution is -0.242. The predicted octanol–water partition coefficient (Wildman–Crippen LogP) is 4.79. The number of halogens is 3. The average Bonchev–Trinajstić information content (AvgIpc) is 2.78. The molecule has 2 fully saturated rings. The van der Waals surface area contributed by atoms with E-state index in [9.17, 15) is 13.2 Å². The lowest BCUT2D eigenvalue weighted by atomic mass is 9.70. The quantitative estimate of drug-likeness (QED) is 0.598. The van der Waals surface area contributed by atoms with Gasteiger partial charge < -0.3 is 0 Å². The van der Waals surface area contributed by atoms with Crippen LogP contribution in [0.1, 0.15) is 52.9 Å². The van der Waals surface area contributed by atoms with Crippen molar-refractivity contribution in [3.05, 3.63) is 0 Å². The molecule has 0 aromatic rings. The highest BCUT2D eigenvalue weighted by Crippen LogP contribution is 2.63. The molecule has 0 N–H and O–H groups in total. The SMILES string of the molecule is CC.CCC1(C(F)(F)F)CC2CCC1C2. The van der Waals surface area contributed by atoms with Gasteiger partial charge in [0.05, 0.1) is 5.41 Å². The Bertz CT molecular complexity index is 209. The van der Waals surface area contributed by atoms with E-state index in [1.807, 2.05) is 13.8 Å². The number of rotatable bonds is 1. The maximum absolute atomic E-state index is 12.9. The highest BCUT2D eigenvalue weighted by atomic mass is 19.4. The van der Waals surface area contributed by atoms with E-state index in [4.69, 9.17) is 0 Å². The Morgan fingerprint density at radius 2 is 1.80 bits per heavy atom. The summed E-state index contributed by atoms with van der Waals surface area (Å²) in [5.74, 6) is 0.300. The third-order valence-electron chi connectivity index (χ3n) is 4.17. The smallest absolute Gasteiger partial charge is 0.170 e. The van der Waals surface area contributed by atoms with Crippen molar-refractivity contribution in [1.82, 2.24) is 0 Å². The molecule has 0 spiro atoms. The van der Waals surface area contributed by atoms with Gasteiger partial charge in [0.2, 0.25) is 0 Å². The maximum atomic E-state index is 12.9. The van der Waals surface area contributed by atoms with E-state index >= 15 is 0 Å². The predicted molar refractivity (Wildman–Crippen MR) is 55.6 cm³/mol. The van der Waals surface area contributed by atoms with Gasteiger partial charge in [0.25, 0.3) is 0 Å². The average molecular weight is 222 g/mol. The van der Waals surface area contributed by atoms with Crippen molar-refractivity contribution in [3.63, 3.8) is 0 Å². The van der Waals surface area contributed by atoms with Crippen LogP contribution in [0.3, 0.4) is 0 Å².